The molecule has 0 saturated carbocycles. The maximum absolute atomic E-state index is 13.0. The van der Waals surface area contributed by atoms with Crippen molar-refractivity contribution in [3.05, 3.63) is 71.6 Å². The average Bonchev–Trinajstić information content (AvgIpc) is 3.18. The van der Waals surface area contributed by atoms with Crippen molar-refractivity contribution in [1.82, 2.24) is 10.2 Å². The highest BCUT2D eigenvalue weighted by Crippen LogP contribution is 2.22. The van der Waals surface area contributed by atoms with E-state index in [2.05, 4.69) is 16.8 Å². The first-order valence-electron chi connectivity index (χ1n) is 9.49. The van der Waals surface area contributed by atoms with Gasteiger partial charge in [0.05, 0.1) is 6.54 Å². The van der Waals surface area contributed by atoms with Crippen LogP contribution < -0.4 is 14.8 Å². The van der Waals surface area contributed by atoms with Gasteiger partial charge in [-0.05, 0) is 48.5 Å². The predicted octanol–water partition coefficient (Wildman–Crippen LogP) is 4.03. The molecule has 0 spiro atoms. The predicted molar refractivity (Wildman–Crippen MR) is 111 cm³/mol. The first-order valence-corrected chi connectivity index (χ1v) is 9.87. The van der Waals surface area contributed by atoms with E-state index in [1.807, 2.05) is 0 Å². The second-order valence-electron chi connectivity index (χ2n) is 6.84. The van der Waals surface area contributed by atoms with Gasteiger partial charge in [-0.3, -0.25) is 4.79 Å². The van der Waals surface area contributed by atoms with Crippen LogP contribution in [0.4, 0.5) is 4.39 Å². The number of carbonyl (C=O) groups excluding carboxylic acids is 1. The molecule has 0 bridgehead atoms. The zero-order chi connectivity index (χ0) is 20.6. The zero-order valence-corrected chi connectivity index (χ0v) is 16.8. The molecular formula is C22H24ClFN2O3. The van der Waals surface area contributed by atoms with E-state index in [0.717, 1.165) is 25.2 Å². The summed E-state index contributed by atoms with van der Waals surface area (Å²) in [4.78, 5) is 14.1. The van der Waals surface area contributed by atoms with E-state index in [9.17, 15) is 9.18 Å². The summed E-state index contributed by atoms with van der Waals surface area (Å²) in [6, 6.07) is 12.9. The van der Waals surface area contributed by atoms with Crippen molar-refractivity contribution in [2.75, 3.05) is 26.2 Å². The number of ether oxygens (including phenoxy) is 2. The molecule has 1 aliphatic rings. The molecular weight excluding hydrogens is 395 g/mol. The van der Waals surface area contributed by atoms with Crippen molar-refractivity contribution in [2.45, 2.75) is 18.9 Å². The summed E-state index contributed by atoms with van der Waals surface area (Å²) < 4.78 is 24.3. The molecule has 1 atom stereocenters. The van der Waals surface area contributed by atoms with Crippen LogP contribution in [0.1, 0.15) is 12.8 Å². The number of nitrogens with one attached hydrogen (secondary N) is 1. The van der Waals surface area contributed by atoms with Crippen LogP contribution in [0.3, 0.4) is 0 Å². The van der Waals surface area contributed by atoms with Crippen LogP contribution in [-0.4, -0.2) is 43.2 Å². The van der Waals surface area contributed by atoms with E-state index in [0.29, 0.717) is 29.5 Å². The van der Waals surface area contributed by atoms with Gasteiger partial charge < -0.3 is 19.7 Å². The van der Waals surface area contributed by atoms with E-state index in [1.165, 1.54) is 12.1 Å². The quantitative estimate of drug-likeness (QED) is 0.668. The molecule has 2 aromatic carbocycles. The first kappa shape index (κ1) is 21.0. The Bertz CT molecular complexity index is 827. The van der Waals surface area contributed by atoms with Gasteiger partial charge in [0.25, 0.3) is 5.91 Å². The Labute approximate surface area is 175 Å². The molecule has 0 aromatic heterocycles. The number of likely N-dealkylation sites (tertiary alicyclic amines) is 1. The molecule has 5 nitrogen and oxygen atoms in total. The zero-order valence-electron chi connectivity index (χ0n) is 16.1. The monoisotopic (exact) mass is 418 g/mol. The van der Waals surface area contributed by atoms with E-state index >= 15 is 0 Å². The molecule has 1 fully saturated rings. The van der Waals surface area contributed by atoms with Gasteiger partial charge in [-0.15, -0.1) is 0 Å². The summed E-state index contributed by atoms with van der Waals surface area (Å²) in [5, 5.41) is 3.45. The van der Waals surface area contributed by atoms with E-state index in [-0.39, 0.29) is 24.4 Å². The number of halogens is 2. The molecule has 0 radical (unpaired) electrons. The maximum atomic E-state index is 13.0. The van der Waals surface area contributed by atoms with Crippen LogP contribution in [0.2, 0.25) is 5.02 Å². The fourth-order valence-electron chi connectivity index (χ4n) is 3.05. The normalized spacial score (nSPS) is 15.8. The maximum Gasteiger partial charge on any atom is 0.257 e. The molecule has 1 aliphatic heterocycles. The Balaban J connectivity index is 1.32. The molecule has 1 unspecified atom stereocenters. The van der Waals surface area contributed by atoms with Gasteiger partial charge >= 0.3 is 0 Å². The van der Waals surface area contributed by atoms with Gasteiger partial charge in [0.1, 0.15) is 23.4 Å². The number of hydrogen-bond acceptors (Lipinski definition) is 4. The van der Waals surface area contributed by atoms with Crippen molar-refractivity contribution >= 4 is 17.5 Å². The van der Waals surface area contributed by atoms with Crippen LogP contribution in [0.15, 0.2) is 60.8 Å². The Morgan fingerprint density at radius 1 is 1.17 bits per heavy atom. The van der Waals surface area contributed by atoms with Crippen molar-refractivity contribution < 1.29 is 18.7 Å². The molecule has 2 aromatic rings. The fourth-order valence-corrected chi connectivity index (χ4v) is 3.18. The summed E-state index contributed by atoms with van der Waals surface area (Å²) in [5.41, 5.74) is 0.953. The summed E-state index contributed by atoms with van der Waals surface area (Å²) in [6.45, 7) is 6.12. The van der Waals surface area contributed by atoms with Gasteiger partial charge in [-0.2, -0.15) is 0 Å². The van der Waals surface area contributed by atoms with Gasteiger partial charge in [0, 0.05) is 36.7 Å². The van der Waals surface area contributed by atoms with Crippen molar-refractivity contribution in [2.24, 2.45) is 0 Å². The summed E-state index contributed by atoms with van der Waals surface area (Å²) in [5.74, 6) is 0.793. The second kappa shape index (κ2) is 10.2. The third-order valence-electron chi connectivity index (χ3n) is 4.63. The van der Waals surface area contributed by atoms with Crippen molar-refractivity contribution in [3.8, 4) is 11.5 Å². The minimum Gasteiger partial charge on any atom is -0.489 e. The van der Waals surface area contributed by atoms with Gasteiger partial charge in [0.2, 0.25) is 0 Å². The number of amides is 1. The average molecular weight is 419 g/mol. The first-order chi connectivity index (χ1) is 14.0. The largest absolute Gasteiger partial charge is 0.489 e. The lowest BCUT2D eigenvalue weighted by atomic mass is 10.3. The standard InChI is InChI=1S/C22H24ClFN2O3/c1-16(10-12-25-22(27)15-28-19-6-2-17(23)3-7-19)26-13-11-21(14-26)29-20-8-4-18(24)5-9-20/h2-9,21H,1,10-15H2,(H,25,27). The second-order valence-corrected chi connectivity index (χ2v) is 7.27. The van der Waals surface area contributed by atoms with Crippen LogP contribution in [0.25, 0.3) is 0 Å². The molecule has 3 rings (SSSR count). The van der Waals surface area contributed by atoms with Gasteiger partial charge in [0.15, 0.2) is 6.61 Å². The molecule has 1 N–H and O–H groups in total. The van der Waals surface area contributed by atoms with Crippen molar-refractivity contribution in [1.29, 1.82) is 0 Å². The lowest BCUT2D eigenvalue weighted by Gasteiger charge is -2.21. The summed E-state index contributed by atoms with van der Waals surface area (Å²) in [6.07, 6.45) is 1.56. The molecule has 1 saturated heterocycles. The van der Waals surface area contributed by atoms with Crippen LogP contribution in [0.5, 0.6) is 11.5 Å². The van der Waals surface area contributed by atoms with E-state index in [1.54, 1.807) is 36.4 Å². The van der Waals surface area contributed by atoms with Gasteiger partial charge in [-0.25, -0.2) is 4.39 Å². The molecule has 1 heterocycles. The third kappa shape index (κ3) is 6.68. The minimum atomic E-state index is -0.278. The van der Waals surface area contributed by atoms with E-state index in [4.69, 9.17) is 21.1 Å². The SMILES string of the molecule is C=C(CCNC(=O)COc1ccc(Cl)cc1)N1CCC(Oc2ccc(F)cc2)C1. The summed E-state index contributed by atoms with van der Waals surface area (Å²) in [7, 11) is 0. The molecule has 0 aliphatic carbocycles. The highest BCUT2D eigenvalue weighted by atomic mass is 35.5. The van der Waals surface area contributed by atoms with Crippen LogP contribution in [0, 0.1) is 5.82 Å². The number of rotatable bonds is 9. The Hall–Kier alpha value is -2.73. The highest BCUT2D eigenvalue weighted by Gasteiger charge is 2.24. The van der Waals surface area contributed by atoms with E-state index < -0.39 is 0 Å². The topological polar surface area (TPSA) is 50.8 Å². The number of benzene rings is 2. The van der Waals surface area contributed by atoms with Gasteiger partial charge in [-0.1, -0.05) is 18.2 Å². The lowest BCUT2D eigenvalue weighted by molar-refractivity contribution is -0.123. The lowest BCUT2D eigenvalue weighted by Crippen LogP contribution is -2.31. The number of carbonyl (C=O) groups is 1. The Morgan fingerprint density at radius 2 is 1.86 bits per heavy atom. The molecule has 1 amide bonds. The summed E-state index contributed by atoms with van der Waals surface area (Å²) >= 11 is 5.81. The number of nitrogens with zero attached hydrogens (tertiary/aromatic N) is 1. The smallest absolute Gasteiger partial charge is 0.257 e. The fraction of sp³-hybridized carbons (Fsp3) is 0.318. The number of hydrogen-bond donors (Lipinski definition) is 1. The Morgan fingerprint density at radius 3 is 2.59 bits per heavy atom. The van der Waals surface area contributed by atoms with Crippen LogP contribution in [-0.2, 0) is 4.79 Å². The third-order valence-corrected chi connectivity index (χ3v) is 4.88. The Kier molecular flexibility index (Phi) is 7.36. The molecule has 29 heavy (non-hydrogen) atoms. The van der Waals surface area contributed by atoms with Crippen molar-refractivity contribution in [3.63, 3.8) is 0 Å². The minimum absolute atomic E-state index is 0.0413. The molecule has 154 valence electrons. The molecule has 7 heteroatoms. The van der Waals surface area contributed by atoms with Crippen LogP contribution >= 0.6 is 11.6 Å². The highest BCUT2D eigenvalue weighted by molar-refractivity contribution is 6.30.